The third kappa shape index (κ3) is 9.37. The molecule has 4 aromatic carbocycles. The lowest BCUT2D eigenvalue weighted by molar-refractivity contribution is 0.0362. The summed E-state index contributed by atoms with van der Waals surface area (Å²) >= 11 is 0. The number of hydrogen-bond donors (Lipinski definition) is 0. The Kier molecular flexibility index (Phi) is 11.6. The summed E-state index contributed by atoms with van der Waals surface area (Å²) in [5, 5.41) is 7.78. The summed E-state index contributed by atoms with van der Waals surface area (Å²) in [6.07, 6.45) is -2.06. The molecule has 0 aliphatic heterocycles. The number of carbonyl (C=O) groups excluding carboxylic acids is 3. The third-order valence-electron chi connectivity index (χ3n) is 6.86. The summed E-state index contributed by atoms with van der Waals surface area (Å²) in [5.41, 5.74) is 7.15. The van der Waals surface area contributed by atoms with Gasteiger partial charge in [-0.05, 0) is 107 Å². The van der Waals surface area contributed by atoms with Gasteiger partial charge in [0, 0.05) is 28.2 Å². The van der Waals surface area contributed by atoms with Crippen molar-refractivity contribution in [3.8, 4) is 0 Å². The minimum Gasteiger partial charge on any atom is -0.433 e. The largest absolute Gasteiger partial charge is 0.535 e. The fourth-order valence-corrected chi connectivity index (χ4v) is 4.54. The molecule has 0 bridgehead atoms. The molecule has 0 unspecified atom stereocenters. The molecule has 0 aliphatic rings. The molecule has 0 atom stereocenters. The van der Waals surface area contributed by atoms with Crippen LogP contribution in [0.25, 0.3) is 0 Å². The maximum atomic E-state index is 13.2. The van der Waals surface area contributed by atoms with E-state index in [-0.39, 0.29) is 18.5 Å². The van der Waals surface area contributed by atoms with Crippen molar-refractivity contribution >= 4 is 46.6 Å². The number of rotatable bonds is 11. The normalized spacial score (nSPS) is 11.6. The molecule has 0 radical (unpaired) electrons. The minimum atomic E-state index is -0.873. The van der Waals surface area contributed by atoms with Crippen molar-refractivity contribution in [2.75, 3.05) is 11.5 Å². The monoisotopic (exact) mass is 635 g/mol. The van der Waals surface area contributed by atoms with Crippen molar-refractivity contribution in [1.29, 1.82) is 0 Å². The average Bonchev–Trinajstić information content (AvgIpc) is 3.06. The molecule has 0 fully saturated rings. The van der Waals surface area contributed by atoms with Crippen molar-refractivity contribution in [2.24, 2.45) is 10.3 Å². The van der Waals surface area contributed by atoms with Gasteiger partial charge in [0.2, 0.25) is 0 Å². The Bertz CT molecular complexity index is 1760. The van der Waals surface area contributed by atoms with Crippen LogP contribution in [0.4, 0.5) is 26.7 Å². The molecule has 4 rings (SSSR count). The SMILES string of the molecule is CCOC(=O)O/N=C(/C)c1ccc(N(c2ccc(C(=O)c3cccc(C)c3)cc2)c2ccc(/C(C)=N/OC(=O)OC(C)C)cc2)cc1. The molecule has 0 saturated carbocycles. The zero-order valence-electron chi connectivity index (χ0n) is 27.2. The maximum Gasteiger partial charge on any atom is 0.535 e. The van der Waals surface area contributed by atoms with Crippen LogP contribution in [-0.4, -0.2) is 42.2 Å². The van der Waals surface area contributed by atoms with Gasteiger partial charge in [-0.15, -0.1) is 0 Å². The number of nitrogens with zero attached hydrogens (tertiary/aromatic N) is 3. The highest BCUT2D eigenvalue weighted by Gasteiger charge is 2.16. The highest BCUT2D eigenvalue weighted by Crippen LogP contribution is 2.35. The number of carbonyl (C=O) groups is 3. The first-order chi connectivity index (χ1) is 22.5. The van der Waals surface area contributed by atoms with Crippen molar-refractivity contribution in [3.05, 3.63) is 125 Å². The van der Waals surface area contributed by atoms with Crippen LogP contribution in [-0.2, 0) is 19.1 Å². The van der Waals surface area contributed by atoms with Gasteiger partial charge in [-0.25, -0.2) is 9.59 Å². The Hall–Kier alpha value is -5.77. The first kappa shape index (κ1) is 34.1. The fraction of sp³-hybridized carbons (Fsp3) is 0.216. The molecule has 0 amide bonds. The quantitative estimate of drug-likeness (QED) is 0.0527. The van der Waals surface area contributed by atoms with Crippen molar-refractivity contribution in [3.63, 3.8) is 0 Å². The number of benzene rings is 4. The Morgan fingerprint density at radius 2 is 1.13 bits per heavy atom. The molecule has 10 nitrogen and oxygen atoms in total. The molecule has 0 heterocycles. The standard InChI is InChI=1S/C37H37N3O7/c1-7-44-36(42)46-38-26(5)28-11-17-32(18-12-28)40(33-19-13-29(14-20-33)27(6)39-47-37(43)45-24(2)3)34-21-15-30(16-22-34)35(41)31-10-8-9-25(4)23-31/h8-24H,7H2,1-6H3/b38-26-,39-27+. The second-order valence-corrected chi connectivity index (χ2v) is 10.8. The van der Waals surface area contributed by atoms with Gasteiger partial charge in [-0.3, -0.25) is 14.5 Å². The van der Waals surface area contributed by atoms with Gasteiger partial charge in [0.15, 0.2) is 5.78 Å². The molecule has 0 aliphatic carbocycles. The van der Waals surface area contributed by atoms with E-state index >= 15 is 0 Å². The summed E-state index contributed by atoms with van der Waals surface area (Å²) in [5.74, 6) is -0.0606. The lowest BCUT2D eigenvalue weighted by atomic mass is 10.0. The first-order valence-corrected chi connectivity index (χ1v) is 15.1. The summed E-state index contributed by atoms with van der Waals surface area (Å²) in [4.78, 5) is 48.2. The minimum absolute atomic E-state index is 0.0606. The Morgan fingerprint density at radius 3 is 1.57 bits per heavy atom. The molecule has 0 spiro atoms. The van der Waals surface area contributed by atoms with Crippen LogP contribution < -0.4 is 4.90 Å². The molecule has 47 heavy (non-hydrogen) atoms. The van der Waals surface area contributed by atoms with Crippen molar-refractivity contribution in [2.45, 2.75) is 47.6 Å². The molecule has 0 aromatic heterocycles. The van der Waals surface area contributed by atoms with Gasteiger partial charge in [0.05, 0.1) is 24.1 Å². The van der Waals surface area contributed by atoms with Crippen LogP contribution in [0.5, 0.6) is 0 Å². The van der Waals surface area contributed by atoms with E-state index in [1.807, 2.05) is 109 Å². The molecule has 242 valence electrons. The van der Waals surface area contributed by atoms with E-state index in [4.69, 9.17) is 19.1 Å². The fourth-order valence-electron chi connectivity index (χ4n) is 4.54. The Balaban J connectivity index is 1.65. The highest BCUT2D eigenvalue weighted by molar-refractivity contribution is 6.09. The Labute approximate surface area is 274 Å². The maximum absolute atomic E-state index is 13.2. The molecule has 4 aromatic rings. The number of anilines is 3. The number of oxime groups is 2. The predicted octanol–water partition coefficient (Wildman–Crippen LogP) is 8.88. The number of hydrogen-bond acceptors (Lipinski definition) is 10. The van der Waals surface area contributed by atoms with Crippen LogP contribution in [0, 0.1) is 6.92 Å². The van der Waals surface area contributed by atoms with Crippen molar-refractivity contribution < 1.29 is 33.5 Å². The van der Waals surface area contributed by atoms with Gasteiger partial charge >= 0.3 is 12.3 Å². The molecule has 0 N–H and O–H groups in total. The predicted molar refractivity (Wildman–Crippen MR) is 181 cm³/mol. The molecular weight excluding hydrogens is 598 g/mol. The van der Waals surface area contributed by atoms with E-state index in [0.29, 0.717) is 22.6 Å². The smallest absolute Gasteiger partial charge is 0.433 e. The molecule has 10 heteroatoms. The van der Waals surface area contributed by atoms with Crippen LogP contribution in [0.15, 0.2) is 107 Å². The number of ketones is 1. The van der Waals surface area contributed by atoms with E-state index in [9.17, 15) is 14.4 Å². The van der Waals surface area contributed by atoms with Gasteiger partial charge in [-0.2, -0.15) is 0 Å². The number of ether oxygens (including phenoxy) is 2. The van der Waals surface area contributed by atoms with Gasteiger partial charge in [-0.1, -0.05) is 58.3 Å². The lowest BCUT2D eigenvalue weighted by Gasteiger charge is -2.26. The first-order valence-electron chi connectivity index (χ1n) is 15.1. The second-order valence-electron chi connectivity index (χ2n) is 10.8. The van der Waals surface area contributed by atoms with E-state index in [0.717, 1.165) is 33.8 Å². The van der Waals surface area contributed by atoms with E-state index in [1.54, 1.807) is 34.6 Å². The van der Waals surface area contributed by atoms with Crippen LogP contribution in [0.2, 0.25) is 0 Å². The van der Waals surface area contributed by atoms with Crippen molar-refractivity contribution in [1.82, 2.24) is 0 Å². The van der Waals surface area contributed by atoms with E-state index in [2.05, 4.69) is 10.3 Å². The average molecular weight is 636 g/mol. The zero-order chi connectivity index (χ0) is 33.9. The molecule has 0 saturated heterocycles. The summed E-state index contributed by atoms with van der Waals surface area (Å²) in [7, 11) is 0. The summed E-state index contributed by atoms with van der Waals surface area (Å²) in [6, 6.07) is 30.0. The zero-order valence-corrected chi connectivity index (χ0v) is 27.2. The molecular formula is C37H37N3O7. The van der Waals surface area contributed by atoms with Crippen LogP contribution in [0.3, 0.4) is 0 Å². The second kappa shape index (κ2) is 16.0. The van der Waals surface area contributed by atoms with E-state index in [1.165, 1.54) is 0 Å². The Morgan fingerprint density at radius 1 is 0.660 bits per heavy atom. The third-order valence-corrected chi connectivity index (χ3v) is 6.86. The van der Waals surface area contributed by atoms with Gasteiger partial charge in [0.25, 0.3) is 0 Å². The van der Waals surface area contributed by atoms with Crippen LogP contribution in [0.1, 0.15) is 67.2 Å². The highest BCUT2D eigenvalue weighted by atomic mass is 16.8. The number of aryl methyl sites for hydroxylation is 1. The summed E-state index contributed by atoms with van der Waals surface area (Å²) < 4.78 is 9.72. The lowest BCUT2D eigenvalue weighted by Crippen LogP contribution is -2.12. The van der Waals surface area contributed by atoms with Crippen LogP contribution >= 0.6 is 0 Å². The van der Waals surface area contributed by atoms with Gasteiger partial charge < -0.3 is 14.4 Å². The summed E-state index contributed by atoms with van der Waals surface area (Å²) in [6.45, 7) is 10.7. The van der Waals surface area contributed by atoms with Gasteiger partial charge in [0.1, 0.15) is 0 Å². The van der Waals surface area contributed by atoms with E-state index < -0.39 is 12.3 Å². The topological polar surface area (TPSA) is 116 Å².